The summed E-state index contributed by atoms with van der Waals surface area (Å²) in [5.74, 6) is -0.284. The molecule has 0 aliphatic heterocycles. The number of halogens is 1. The number of amides is 1. The minimum absolute atomic E-state index is 0.106. The van der Waals surface area contributed by atoms with Crippen LogP contribution in [0.3, 0.4) is 0 Å². The van der Waals surface area contributed by atoms with Crippen molar-refractivity contribution in [2.24, 2.45) is 0 Å². The summed E-state index contributed by atoms with van der Waals surface area (Å²) in [6.07, 6.45) is 1.26. The van der Waals surface area contributed by atoms with Crippen LogP contribution in [-0.4, -0.2) is 20.6 Å². The highest BCUT2D eigenvalue weighted by atomic mass is 35.5. The molecule has 4 nitrogen and oxygen atoms in total. The Bertz CT molecular complexity index is 755. The smallest absolute Gasteiger partial charge is 0.228 e. The summed E-state index contributed by atoms with van der Waals surface area (Å²) in [5, 5.41) is 3.23. The monoisotopic (exact) mass is 323 g/mol. The van der Waals surface area contributed by atoms with Crippen LogP contribution in [-0.2, 0) is 21.1 Å². The lowest BCUT2D eigenvalue weighted by Gasteiger charge is -2.09. The van der Waals surface area contributed by atoms with Gasteiger partial charge in [0.2, 0.25) is 5.91 Å². The van der Waals surface area contributed by atoms with Crippen molar-refractivity contribution in [1.29, 1.82) is 0 Å². The van der Waals surface area contributed by atoms with Crippen molar-refractivity contribution in [3.8, 4) is 0 Å². The fourth-order valence-corrected chi connectivity index (χ4v) is 2.85. The van der Waals surface area contributed by atoms with Gasteiger partial charge in [-0.15, -0.1) is 0 Å². The summed E-state index contributed by atoms with van der Waals surface area (Å²) in [4.78, 5) is 12.1. The molecule has 0 saturated heterocycles. The van der Waals surface area contributed by atoms with E-state index in [2.05, 4.69) is 5.32 Å². The maximum atomic E-state index is 12.0. The molecule has 21 heavy (non-hydrogen) atoms. The van der Waals surface area contributed by atoms with Crippen LogP contribution < -0.4 is 5.32 Å². The first-order valence-corrected chi connectivity index (χ1v) is 8.46. The van der Waals surface area contributed by atoms with E-state index < -0.39 is 9.84 Å². The Morgan fingerprint density at radius 1 is 1.10 bits per heavy atom. The molecular formula is C15H14ClNO3S. The highest BCUT2D eigenvalue weighted by Crippen LogP contribution is 2.21. The third kappa shape index (κ3) is 4.31. The molecule has 2 aromatic carbocycles. The zero-order valence-corrected chi connectivity index (χ0v) is 12.9. The lowest BCUT2D eigenvalue weighted by atomic mass is 10.1. The number of carbonyl (C=O) groups excluding carboxylic acids is 1. The SMILES string of the molecule is CS(=O)(=O)c1ccccc1NC(=O)Cc1ccc(Cl)cc1. The van der Waals surface area contributed by atoms with Crippen molar-refractivity contribution in [3.05, 3.63) is 59.1 Å². The molecule has 0 aliphatic carbocycles. The van der Waals surface area contributed by atoms with Crippen LogP contribution in [0.25, 0.3) is 0 Å². The Morgan fingerprint density at radius 2 is 1.71 bits per heavy atom. The van der Waals surface area contributed by atoms with Crippen molar-refractivity contribution in [2.75, 3.05) is 11.6 Å². The lowest BCUT2D eigenvalue weighted by molar-refractivity contribution is -0.115. The molecule has 6 heteroatoms. The van der Waals surface area contributed by atoms with Gasteiger partial charge < -0.3 is 5.32 Å². The van der Waals surface area contributed by atoms with Crippen LogP contribution in [0.4, 0.5) is 5.69 Å². The second-order valence-corrected chi connectivity index (χ2v) is 7.04. The van der Waals surface area contributed by atoms with Crippen molar-refractivity contribution < 1.29 is 13.2 Å². The van der Waals surface area contributed by atoms with Crippen molar-refractivity contribution in [2.45, 2.75) is 11.3 Å². The van der Waals surface area contributed by atoms with E-state index in [4.69, 9.17) is 11.6 Å². The molecule has 0 atom stereocenters. The van der Waals surface area contributed by atoms with Gasteiger partial charge in [0.15, 0.2) is 9.84 Å². The van der Waals surface area contributed by atoms with E-state index in [-0.39, 0.29) is 17.2 Å². The number of para-hydroxylation sites is 1. The van der Waals surface area contributed by atoms with Crippen LogP contribution in [0, 0.1) is 0 Å². The third-order valence-corrected chi connectivity index (χ3v) is 4.25. The van der Waals surface area contributed by atoms with Crippen LogP contribution in [0.5, 0.6) is 0 Å². The topological polar surface area (TPSA) is 63.2 Å². The Kier molecular flexibility index (Phi) is 4.65. The summed E-state index contributed by atoms with van der Waals surface area (Å²) in [6.45, 7) is 0. The number of nitrogens with one attached hydrogen (secondary N) is 1. The van der Waals surface area contributed by atoms with Crippen LogP contribution in [0.1, 0.15) is 5.56 Å². The van der Waals surface area contributed by atoms with Gasteiger partial charge in [-0.2, -0.15) is 0 Å². The highest BCUT2D eigenvalue weighted by molar-refractivity contribution is 7.90. The second kappa shape index (κ2) is 6.28. The molecule has 0 radical (unpaired) electrons. The molecule has 0 spiro atoms. The number of hydrogen-bond donors (Lipinski definition) is 1. The van der Waals surface area contributed by atoms with Crippen LogP contribution in [0.15, 0.2) is 53.4 Å². The molecule has 2 aromatic rings. The standard InChI is InChI=1S/C15H14ClNO3S/c1-21(19,20)14-5-3-2-4-13(14)17-15(18)10-11-6-8-12(16)9-7-11/h2-9H,10H2,1H3,(H,17,18). The summed E-state index contributed by atoms with van der Waals surface area (Å²) < 4.78 is 23.3. The van der Waals surface area contributed by atoms with E-state index in [1.165, 1.54) is 6.07 Å². The normalized spacial score (nSPS) is 11.1. The molecule has 0 unspecified atom stereocenters. The number of rotatable bonds is 4. The number of carbonyl (C=O) groups is 1. The summed E-state index contributed by atoms with van der Waals surface area (Å²) in [5.41, 5.74) is 1.09. The molecule has 1 amide bonds. The minimum Gasteiger partial charge on any atom is -0.325 e. The summed E-state index contributed by atoms with van der Waals surface area (Å²) in [7, 11) is -3.39. The Morgan fingerprint density at radius 3 is 2.33 bits per heavy atom. The molecule has 2 rings (SSSR count). The number of benzene rings is 2. The zero-order chi connectivity index (χ0) is 15.5. The highest BCUT2D eigenvalue weighted by Gasteiger charge is 2.14. The summed E-state index contributed by atoms with van der Waals surface area (Å²) in [6, 6.07) is 13.2. The second-order valence-electron chi connectivity index (χ2n) is 4.62. The first kappa shape index (κ1) is 15.5. The first-order valence-electron chi connectivity index (χ1n) is 6.19. The fourth-order valence-electron chi connectivity index (χ4n) is 1.88. The van der Waals surface area contributed by atoms with Crippen molar-refractivity contribution in [3.63, 3.8) is 0 Å². The molecule has 0 aromatic heterocycles. The predicted molar refractivity (Wildman–Crippen MR) is 83.3 cm³/mol. The molecule has 0 saturated carbocycles. The number of sulfone groups is 1. The average Bonchev–Trinajstić information content (AvgIpc) is 2.41. The van der Waals surface area contributed by atoms with Gasteiger partial charge in [0.25, 0.3) is 0 Å². The molecule has 1 N–H and O–H groups in total. The van der Waals surface area contributed by atoms with E-state index in [1.54, 1.807) is 42.5 Å². The van der Waals surface area contributed by atoms with E-state index in [9.17, 15) is 13.2 Å². The Hall–Kier alpha value is -1.85. The van der Waals surface area contributed by atoms with Gasteiger partial charge in [-0.25, -0.2) is 8.42 Å². The molecule has 0 aliphatic rings. The minimum atomic E-state index is -3.39. The van der Waals surface area contributed by atoms with Crippen LogP contribution in [0.2, 0.25) is 5.02 Å². The van der Waals surface area contributed by atoms with Gasteiger partial charge in [-0.1, -0.05) is 35.9 Å². The molecule has 110 valence electrons. The third-order valence-electron chi connectivity index (χ3n) is 2.84. The zero-order valence-electron chi connectivity index (χ0n) is 11.3. The fraction of sp³-hybridized carbons (Fsp3) is 0.133. The van der Waals surface area contributed by atoms with Gasteiger partial charge in [0.1, 0.15) is 0 Å². The number of anilines is 1. The quantitative estimate of drug-likeness (QED) is 0.941. The largest absolute Gasteiger partial charge is 0.325 e. The molecule has 0 fully saturated rings. The average molecular weight is 324 g/mol. The maximum absolute atomic E-state index is 12.0. The predicted octanol–water partition coefficient (Wildman–Crippen LogP) is 2.92. The molecular weight excluding hydrogens is 310 g/mol. The Balaban J connectivity index is 2.15. The van der Waals surface area contributed by atoms with E-state index >= 15 is 0 Å². The molecule has 0 bridgehead atoms. The lowest BCUT2D eigenvalue weighted by Crippen LogP contribution is -2.16. The van der Waals surface area contributed by atoms with Crippen molar-refractivity contribution in [1.82, 2.24) is 0 Å². The van der Waals surface area contributed by atoms with Gasteiger partial charge in [-0.05, 0) is 29.8 Å². The van der Waals surface area contributed by atoms with Crippen LogP contribution >= 0.6 is 11.6 Å². The van der Waals surface area contributed by atoms with E-state index in [1.807, 2.05) is 0 Å². The summed E-state index contributed by atoms with van der Waals surface area (Å²) >= 11 is 5.78. The van der Waals surface area contributed by atoms with E-state index in [0.29, 0.717) is 10.7 Å². The van der Waals surface area contributed by atoms with Gasteiger partial charge in [0.05, 0.1) is 17.0 Å². The van der Waals surface area contributed by atoms with E-state index in [0.717, 1.165) is 11.8 Å². The molecule has 0 heterocycles. The maximum Gasteiger partial charge on any atom is 0.228 e. The first-order chi connectivity index (χ1) is 9.86. The Labute approximate surface area is 128 Å². The number of hydrogen-bond acceptors (Lipinski definition) is 3. The van der Waals surface area contributed by atoms with Crippen molar-refractivity contribution >= 4 is 33.0 Å². The van der Waals surface area contributed by atoms with Gasteiger partial charge in [0, 0.05) is 11.3 Å². The van der Waals surface area contributed by atoms with Gasteiger partial charge in [-0.3, -0.25) is 4.79 Å². The van der Waals surface area contributed by atoms with Gasteiger partial charge >= 0.3 is 0 Å².